The molecule has 0 heterocycles. The monoisotopic (exact) mass is 357 g/mol. The van der Waals surface area contributed by atoms with Gasteiger partial charge in [0.25, 0.3) is 0 Å². The minimum Gasteiger partial charge on any atom is -0.316 e. The van der Waals surface area contributed by atoms with Crippen LogP contribution in [0.4, 0.5) is 13.2 Å². The van der Waals surface area contributed by atoms with Gasteiger partial charge in [-0.05, 0) is 49.2 Å². The molecule has 1 nitrogen and oxygen atoms in total. The number of nitrogens with one attached hydrogen (secondary N) is 1. The van der Waals surface area contributed by atoms with Crippen LogP contribution >= 0.6 is 15.9 Å². The second-order valence-corrected chi connectivity index (χ2v) is 5.78. The summed E-state index contributed by atoms with van der Waals surface area (Å²) in [5.74, 6) is -1.48. The fourth-order valence-corrected chi connectivity index (χ4v) is 2.51. The van der Waals surface area contributed by atoms with Gasteiger partial charge < -0.3 is 5.32 Å². The maximum absolute atomic E-state index is 13.8. The molecule has 0 bridgehead atoms. The Morgan fingerprint density at radius 3 is 2.05 bits per heavy atom. The molecule has 1 atom stereocenters. The maximum atomic E-state index is 13.8. The van der Waals surface area contributed by atoms with Gasteiger partial charge in [-0.25, -0.2) is 13.2 Å². The fourth-order valence-electron chi connectivity index (χ4n) is 2.18. The Labute approximate surface area is 130 Å². The third-order valence-corrected chi connectivity index (χ3v) is 3.86. The van der Waals surface area contributed by atoms with Gasteiger partial charge in [0, 0.05) is 16.6 Å². The van der Waals surface area contributed by atoms with Gasteiger partial charge in [-0.2, -0.15) is 0 Å². The third kappa shape index (κ3) is 4.32. The summed E-state index contributed by atoms with van der Waals surface area (Å²) in [6.07, 6.45) is 0.782. The summed E-state index contributed by atoms with van der Waals surface area (Å²) >= 11 is 3.21. The van der Waals surface area contributed by atoms with Crippen LogP contribution in [0, 0.1) is 17.5 Å². The molecule has 0 aliphatic carbocycles. The van der Waals surface area contributed by atoms with Crippen molar-refractivity contribution in [1.82, 2.24) is 5.32 Å². The van der Waals surface area contributed by atoms with Gasteiger partial charge >= 0.3 is 0 Å². The molecular weight excluding hydrogens is 343 g/mol. The Hall–Kier alpha value is -1.33. The highest BCUT2D eigenvalue weighted by atomic mass is 79.9. The van der Waals surface area contributed by atoms with Crippen molar-refractivity contribution in [2.24, 2.45) is 0 Å². The van der Waals surface area contributed by atoms with Crippen LogP contribution in [0.2, 0.25) is 0 Å². The molecular formula is C16H15BrF3N. The Balaban J connectivity index is 2.13. The first kappa shape index (κ1) is 16.0. The van der Waals surface area contributed by atoms with Crippen molar-refractivity contribution in [3.63, 3.8) is 0 Å². The Morgan fingerprint density at radius 2 is 1.52 bits per heavy atom. The van der Waals surface area contributed by atoms with E-state index in [0.717, 1.165) is 6.07 Å². The summed E-state index contributed by atoms with van der Waals surface area (Å²) in [6.45, 7) is 0. The van der Waals surface area contributed by atoms with Gasteiger partial charge in [-0.1, -0.05) is 28.1 Å². The largest absolute Gasteiger partial charge is 0.316 e. The van der Waals surface area contributed by atoms with Crippen LogP contribution in [0.25, 0.3) is 0 Å². The van der Waals surface area contributed by atoms with Crippen LogP contribution in [0.3, 0.4) is 0 Å². The van der Waals surface area contributed by atoms with Crippen LogP contribution in [0.15, 0.2) is 40.9 Å². The zero-order valence-corrected chi connectivity index (χ0v) is 13.1. The zero-order chi connectivity index (χ0) is 15.4. The molecule has 0 saturated carbocycles. The van der Waals surface area contributed by atoms with E-state index in [1.165, 1.54) is 18.2 Å². The first-order valence-electron chi connectivity index (χ1n) is 6.54. The molecule has 0 saturated heterocycles. The van der Waals surface area contributed by atoms with E-state index < -0.39 is 11.6 Å². The van der Waals surface area contributed by atoms with Crippen LogP contribution in [0.5, 0.6) is 0 Å². The van der Waals surface area contributed by atoms with E-state index in [-0.39, 0.29) is 11.9 Å². The maximum Gasteiger partial charge on any atom is 0.129 e. The van der Waals surface area contributed by atoms with Gasteiger partial charge in [0.2, 0.25) is 0 Å². The molecule has 0 aliphatic rings. The van der Waals surface area contributed by atoms with Crippen molar-refractivity contribution >= 4 is 15.9 Å². The number of rotatable bonds is 5. The molecule has 0 spiro atoms. The lowest BCUT2D eigenvalue weighted by Crippen LogP contribution is -2.30. The van der Waals surface area contributed by atoms with E-state index in [4.69, 9.17) is 0 Å². The molecule has 21 heavy (non-hydrogen) atoms. The summed E-state index contributed by atoms with van der Waals surface area (Å²) in [5, 5.41) is 3.04. The average molecular weight is 358 g/mol. The minimum atomic E-state index is -0.601. The standard InChI is InChI=1S/C16H15BrF3N/c1-21-14(6-10-2-4-12(17)8-15(10)19)7-11-3-5-13(18)9-16(11)20/h2-5,8-9,14,21H,6-7H2,1H3. The molecule has 5 heteroatoms. The van der Waals surface area contributed by atoms with Gasteiger partial charge in [0.1, 0.15) is 17.5 Å². The third-order valence-electron chi connectivity index (χ3n) is 3.37. The topological polar surface area (TPSA) is 12.0 Å². The molecule has 0 radical (unpaired) electrons. The summed E-state index contributed by atoms with van der Waals surface area (Å²) in [4.78, 5) is 0. The lowest BCUT2D eigenvalue weighted by Gasteiger charge is -2.17. The van der Waals surface area contributed by atoms with Crippen LogP contribution in [-0.2, 0) is 12.8 Å². The Kier molecular flexibility index (Phi) is 5.42. The summed E-state index contributed by atoms with van der Waals surface area (Å²) < 4.78 is 41.1. The van der Waals surface area contributed by atoms with E-state index in [0.29, 0.717) is 28.4 Å². The van der Waals surface area contributed by atoms with Crippen molar-refractivity contribution in [2.75, 3.05) is 7.05 Å². The van der Waals surface area contributed by atoms with Crippen molar-refractivity contribution in [3.8, 4) is 0 Å². The number of halogens is 4. The molecule has 0 fully saturated rings. The smallest absolute Gasteiger partial charge is 0.129 e. The molecule has 2 rings (SSSR count). The quantitative estimate of drug-likeness (QED) is 0.843. The van der Waals surface area contributed by atoms with Crippen molar-refractivity contribution in [1.29, 1.82) is 0 Å². The average Bonchev–Trinajstić information content (AvgIpc) is 2.43. The number of hydrogen-bond acceptors (Lipinski definition) is 1. The van der Waals surface area contributed by atoms with Crippen LogP contribution in [-0.4, -0.2) is 13.1 Å². The van der Waals surface area contributed by atoms with E-state index >= 15 is 0 Å². The number of hydrogen-bond donors (Lipinski definition) is 1. The predicted molar refractivity (Wildman–Crippen MR) is 80.7 cm³/mol. The van der Waals surface area contributed by atoms with Crippen molar-refractivity contribution < 1.29 is 13.2 Å². The highest BCUT2D eigenvalue weighted by Gasteiger charge is 2.14. The molecule has 2 aromatic rings. The first-order chi connectivity index (χ1) is 9.99. The molecule has 0 aromatic heterocycles. The first-order valence-corrected chi connectivity index (χ1v) is 7.34. The predicted octanol–water partition coefficient (Wildman–Crippen LogP) is 4.24. The highest BCUT2D eigenvalue weighted by molar-refractivity contribution is 9.10. The van der Waals surface area contributed by atoms with E-state index in [9.17, 15) is 13.2 Å². The second-order valence-electron chi connectivity index (χ2n) is 4.87. The summed E-state index contributed by atoms with van der Waals surface area (Å²) in [6, 6.07) is 8.25. The minimum absolute atomic E-state index is 0.138. The normalized spacial score (nSPS) is 12.4. The van der Waals surface area contributed by atoms with Crippen molar-refractivity contribution in [2.45, 2.75) is 18.9 Å². The van der Waals surface area contributed by atoms with E-state index in [1.807, 2.05) is 0 Å². The molecule has 112 valence electrons. The Bertz CT molecular complexity index is 577. The van der Waals surface area contributed by atoms with E-state index in [2.05, 4.69) is 21.2 Å². The molecule has 2 aromatic carbocycles. The van der Waals surface area contributed by atoms with Crippen LogP contribution in [0.1, 0.15) is 11.1 Å². The van der Waals surface area contributed by atoms with Gasteiger partial charge in [0.05, 0.1) is 0 Å². The molecule has 0 aliphatic heterocycles. The van der Waals surface area contributed by atoms with Gasteiger partial charge in [-0.15, -0.1) is 0 Å². The zero-order valence-electron chi connectivity index (χ0n) is 11.5. The summed E-state index contributed by atoms with van der Waals surface area (Å²) in [5.41, 5.74) is 0.966. The highest BCUT2D eigenvalue weighted by Crippen LogP contribution is 2.18. The lowest BCUT2D eigenvalue weighted by atomic mass is 9.98. The molecule has 1 N–H and O–H groups in total. The van der Waals surface area contributed by atoms with Crippen molar-refractivity contribution in [3.05, 3.63) is 69.4 Å². The fraction of sp³-hybridized carbons (Fsp3) is 0.250. The summed E-state index contributed by atoms with van der Waals surface area (Å²) in [7, 11) is 1.74. The molecule has 0 amide bonds. The Morgan fingerprint density at radius 1 is 0.952 bits per heavy atom. The van der Waals surface area contributed by atoms with Gasteiger partial charge in [0.15, 0.2) is 0 Å². The van der Waals surface area contributed by atoms with E-state index in [1.54, 1.807) is 19.2 Å². The van der Waals surface area contributed by atoms with Crippen LogP contribution < -0.4 is 5.32 Å². The lowest BCUT2D eigenvalue weighted by molar-refractivity contribution is 0.512. The SMILES string of the molecule is CNC(Cc1ccc(F)cc1F)Cc1ccc(Br)cc1F. The number of likely N-dealkylation sites (N-methyl/N-ethyl adjacent to an activating group) is 1. The van der Waals surface area contributed by atoms with Gasteiger partial charge in [-0.3, -0.25) is 0 Å². The second kappa shape index (κ2) is 7.09. The number of benzene rings is 2. The molecule has 1 unspecified atom stereocenters.